The Morgan fingerprint density at radius 2 is 2.17 bits per heavy atom. The first-order chi connectivity index (χ1) is 8.63. The predicted octanol–water partition coefficient (Wildman–Crippen LogP) is 3.55. The maximum atomic E-state index is 13.1. The average molecular weight is 260 g/mol. The molecule has 0 radical (unpaired) electrons. The average Bonchev–Trinajstić information content (AvgIpc) is 2.70. The Morgan fingerprint density at radius 1 is 1.33 bits per heavy atom. The Hall–Kier alpha value is -2.01. The monoisotopic (exact) mass is 260 g/mol. The molecule has 2 aromatic carbocycles. The first-order valence-corrected chi connectivity index (χ1v) is 6.21. The number of rotatable bonds is 1. The van der Waals surface area contributed by atoms with Crippen molar-refractivity contribution >= 4 is 43.4 Å². The van der Waals surface area contributed by atoms with Crippen LogP contribution in [0.5, 0.6) is 0 Å². The zero-order valence-electron chi connectivity index (χ0n) is 9.53. The van der Waals surface area contributed by atoms with Crippen LogP contribution in [0.15, 0.2) is 30.3 Å². The number of fused-ring (bicyclic) bond motifs is 3. The summed E-state index contributed by atoms with van der Waals surface area (Å²) in [6.45, 7) is 1.44. The maximum absolute atomic E-state index is 13.1. The Morgan fingerprint density at radius 3 is 2.94 bits per heavy atom. The van der Waals surface area contributed by atoms with Gasteiger partial charge < -0.3 is 5.32 Å². The van der Waals surface area contributed by atoms with Gasteiger partial charge in [0.2, 0.25) is 5.91 Å². The molecule has 0 bridgehead atoms. The minimum absolute atomic E-state index is 0.149. The fourth-order valence-electron chi connectivity index (χ4n) is 1.89. The molecule has 1 amide bonds. The minimum Gasteiger partial charge on any atom is -0.302 e. The van der Waals surface area contributed by atoms with Gasteiger partial charge in [0, 0.05) is 12.3 Å². The molecule has 3 nitrogen and oxygen atoms in total. The Balaban J connectivity index is 2.26. The van der Waals surface area contributed by atoms with Crippen LogP contribution in [0, 0.1) is 5.82 Å². The third kappa shape index (κ3) is 1.82. The van der Waals surface area contributed by atoms with E-state index in [4.69, 9.17) is 0 Å². The predicted molar refractivity (Wildman–Crippen MR) is 71.4 cm³/mol. The van der Waals surface area contributed by atoms with Crippen molar-refractivity contribution in [2.24, 2.45) is 0 Å². The summed E-state index contributed by atoms with van der Waals surface area (Å²) in [5.74, 6) is -0.405. The number of nitrogens with zero attached hydrogens (tertiary/aromatic N) is 1. The van der Waals surface area contributed by atoms with Crippen LogP contribution in [0.25, 0.3) is 21.0 Å². The van der Waals surface area contributed by atoms with Crippen LogP contribution < -0.4 is 5.32 Å². The van der Waals surface area contributed by atoms with Crippen LogP contribution >= 0.6 is 11.3 Å². The third-order valence-electron chi connectivity index (χ3n) is 2.62. The first-order valence-electron chi connectivity index (χ1n) is 5.40. The number of hydrogen-bond donors (Lipinski definition) is 1. The molecule has 0 aliphatic rings. The molecule has 5 heteroatoms. The Bertz CT molecular complexity index is 766. The fraction of sp³-hybridized carbons (Fsp3) is 0.0769. The molecule has 0 saturated heterocycles. The van der Waals surface area contributed by atoms with E-state index in [2.05, 4.69) is 10.3 Å². The van der Waals surface area contributed by atoms with Gasteiger partial charge in [-0.3, -0.25) is 4.79 Å². The van der Waals surface area contributed by atoms with Gasteiger partial charge in [0.15, 0.2) is 5.13 Å². The molecule has 1 N–H and O–H groups in total. The largest absolute Gasteiger partial charge is 0.302 e. The molecule has 0 atom stereocenters. The minimum atomic E-state index is -0.256. The maximum Gasteiger partial charge on any atom is 0.223 e. The van der Waals surface area contributed by atoms with E-state index in [0.29, 0.717) is 5.13 Å². The number of anilines is 1. The number of thiazole rings is 1. The number of aromatic nitrogens is 1. The highest BCUT2D eigenvalue weighted by Crippen LogP contribution is 2.32. The van der Waals surface area contributed by atoms with Gasteiger partial charge in [-0.2, -0.15) is 0 Å². The van der Waals surface area contributed by atoms with Gasteiger partial charge >= 0.3 is 0 Å². The quantitative estimate of drug-likeness (QED) is 0.727. The van der Waals surface area contributed by atoms with Crippen molar-refractivity contribution in [3.8, 4) is 0 Å². The van der Waals surface area contributed by atoms with E-state index in [1.807, 2.05) is 12.1 Å². The zero-order chi connectivity index (χ0) is 12.7. The van der Waals surface area contributed by atoms with E-state index in [1.54, 1.807) is 6.07 Å². The van der Waals surface area contributed by atoms with Crippen LogP contribution in [0.4, 0.5) is 9.52 Å². The highest BCUT2D eigenvalue weighted by molar-refractivity contribution is 7.23. The van der Waals surface area contributed by atoms with Gasteiger partial charge in [-0.25, -0.2) is 9.37 Å². The molecular formula is C13H9FN2OS. The smallest absolute Gasteiger partial charge is 0.223 e. The molecule has 0 aliphatic carbocycles. The molecule has 18 heavy (non-hydrogen) atoms. The third-order valence-corrected chi connectivity index (χ3v) is 3.64. The van der Waals surface area contributed by atoms with Crippen molar-refractivity contribution in [1.29, 1.82) is 0 Å². The number of carbonyl (C=O) groups excluding carboxylic acids is 1. The molecular weight excluding hydrogens is 251 g/mol. The summed E-state index contributed by atoms with van der Waals surface area (Å²) in [4.78, 5) is 15.3. The van der Waals surface area contributed by atoms with Crippen LogP contribution in [0.1, 0.15) is 6.92 Å². The lowest BCUT2D eigenvalue weighted by atomic mass is 10.1. The summed E-state index contributed by atoms with van der Waals surface area (Å²) in [6, 6.07) is 8.33. The second-order valence-corrected chi connectivity index (χ2v) is 4.98. The van der Waals surface area contributed by atoms with Gasteiger partial charge in [0.05, 0.1) is 10.2 Å². The van der Waals surface area contributed by atoms with Crippen LogP contribution in [-0.4, -0.2) is 10.9 Å². The van der Waals surface area contributed by atoms with Crippen molar-refractivity contribution in [3.05, 3.63) is 36.1 Å². The Labute approximate surface area is 106 Å². The lowest BCUT2D eigenvalue weighted by Crippen LogP contribution is -2.04. The molecule has 90 valence electrons. The zero-order valence-corrected chi connectivity index (χ0v) is 10.3. The molecule has 0 aliphatic heterocycles. The normalized spacial score (nSPS) is 11.0. The standard InChI is InChI=1S/C13H9FN2OS/c1-7(17)15-13-16-11-5-2-8-6-9(14)3-4-10(8)12(11)18-13/h2-6H,1H3,(H,15,16,17). The van der Waals surface area contributed by atoms with E-state index in [1.165, 1.54) is 30.4 Å². The van der Waals surface area contributed by atoms with Crippen molar-refractivity contribution in [2.75, 3.05) is 5.32 Å². The fourth-order valence-corrected chi connectivity index (χ4v) is 2.94. The molecule has 3 aromatic rings. The molecule has 0 fully saturated rings. The molecule has 0 unspecified atom stereocenters. The van der Waals surface area contributed by atoms with Gasteiger partial charge in [-0.15, -0.1) is 0 Å². The summed E-state index contributed by atoms with van der Waals surface area (Å²) >= 11 is 1.40. The highest BCUT2D eigenvalue weighted by atomic mass is 32.1. The highest BCUT2D eigenvalue weighted by Gasteiger charge is 2.08. The summed E-state index contributed by atoms with van der Waals surface area (Å²) in [7, 11) is 0. The molecule has 0 saturated carbocycles. The second-order valence-electron chi connectivity index (χ2n) is 3.98. The molecule has 3 rings (SSSR count). The van der Waals surface area contributed by atoms with Crippen LogP contribution in [0.2, 0.25) is 0 Å². The van der Waals surface area contributed by atoms with Crippen LogP contribution in [0.3, 0.4) is 0 Å². The lowest BCUT2D eigenvalue weighted by molar-refractivity contribution is -0.114. The Kier molecular flexibility index (Phi) is 2.48. The molecule has 1 aromatic heterocycles. The summed E-state index contributed by atoms with van der Waals surface area (Å²) < 4.78 is 14.1. The lowest BCUT2D eigenvalue weighted by Gasteiger charge is -1.97. The topological polar surface area (TPSA) is 42.0 Å². The van der Waals surface area contributed by atoms with Crippen LogP contribution in [-0.2, 0) is 4.79 Å². The number of halogens is 1. The number of carbonyl (C=O) groups is 1. The van der Waals surface area contributed by atoms with Gasteiger partial charge in [-0.05, 0) is 29.7 Å². The summed E-state index contributed by atoms with van der Waals surface area (Å²) in [5.41, 5.74) is 0.808. The van der Waals surface area contributed by atoms with Gasteiger partial charge in [0.25, 0.3) is 0 Å². The number of hydrogen-bond acceptors (Lipinski definition) is 3. The second kappa shape index (κ2) is 4.03. The molecule has 0 spiro atoms. The van der Waals surface area contributed by atoms with Gasteiger partial charge in [-0.1, -0.05) is 17.4 Å². The van der Waals surface area contributed by atoms with E-state index < -0.39 is 0 Å². The van der Waals surface area contributed by atoms with Gasteiger partial charge in [0.1, 0.15) is 5.82 Å². The summed E-state index contributed by atoms with van der Waals surface area (Å²) in [5, 5.41) is 5.01. The number of benzene rings is 2. The van der Waals surface area contributed by atoms with Crippen molar-refractivity contribution in [3.63, 3.8) is 0 Å². The van der Waals surface area contributed by atoms with E-state index >= 15 is 0 Å². The molecule has 1 heterocycles. The van der Waals surface area contributed by atoms with Crippen molar-refractivity contribution in [1.82, 2.24) is 4.98 Å². The summed E-state index contributed by atoms with van der Waals surface area (Å²) in [6.07, 6.45) is 0. The van der Waals surface area contributed by atoms with Crippen molar-refractivity contribution in [2.45, 2.75) is 6.92 Å². The number of amides is 1. The van der Waals surface area contributed by atoms with E-state index in [-0.39, 0.29) is 11.7 Å². The SMILES string of the molecule is CC(=O)Nc1nc2ccc3cc(F)ccc3c2s1. The first kappa shape index (κ1) is 11.1. The van der Waals surface area contributed by atoms with Crippen molar-refractivity contribution < 1.29 is 9.18 Å². The number of nitrogens with one attached hydrogen (secondary N) is 1. The van der Waals surface area contributed by atoms with E-state index in [9.17, 15) is 9.18 Å². The van der Waals surface area contributed by atoms with E-state index in [0.717, 1.165) is 21.0 Å².